The zero-order valence-electron chi connectivity index (χ0n) is 7.49. The Morgan fingerprint density at radius 3 is 2.17 bits per heavy atom. The summed E-state index contributed by atoms with van der Waals surface area (Å²) >= 11 is 0. The lowest BCUT2D eigenvalue weighted by molar-refractivity contribution is 0.434. The summed E-state index contributed by atoms with van der Waals surface area (Å²) < 4.78 is 22.8. The predicted molar refractivity (Wildman–Crippen MR) is 49.7 cm³/mol. The SMILES string of the molecule is CCS(=O)(=O)C1CCC(N)CC1. The fourth-order valence-corrected chi connectivity index (χ4v) is 3.15. The third-order valence-electron chi connectivity index (χ3n) is 2.63. The van der Waals surface area contributed by atoms with Crippen LogP contribution in [0.3, 0.4) is 0 Å². The molecule has 12 heavy (non-hydrogen) atoms. The molecule has 1 saturated carbocycles. The highest BCUT2D eigenvalue weighted by Gasteiger charge is 2.27. The average Bonchev–Trinajstić information content (AvgIpc) is 2.05. The van der Waals surface area contributed by atoms with Crippen molar-refractivity contribution in [1.82, 2.24) is 0 Å². The van der Waals surface area contributed by atoms with Crippen molar-refractivity contribution < 1.29 is 8.42 Å². The first kappa shape index (κ1) is 9.99. The maximum atomic E-state index is 11.4. The van der Waals surface area contributed by atoms with Gasteiger partial charge in [0.25, 0.3) is 0 Å². The minimum atomic E-state index is -2.80. The molecule has 3 nitrogen and oxygen atoms in total. The second-order valence-electron chi connectivity index (χ2n) is 3.49. The van der Waals surface area contributed by atoms with Crippen LogP contribution < -0.4 is 5.73 Å². The molecule has 1 aliphatic rings. The smallest absolute Gasteiger partial charge is 0.152 e. The molecule has 0 radical (unpaired) electrons. The van der Waals surface area contributed by atoms with E-state index in [-0.39, 0.29) is 17.0 Å². The average molecular weight is 191 g/mol. The summed E-state index contributed by atoms with van der Waals surface area (Å²) in [6.45, 7) is 1.71. The van der Waals surface area contributed by atoms with Gasteiger partial charge in [0.05, 0.1) is 5.25 Å². The highest BCUT2D eigenvalue weighted by Crippen LogP contribution is 2.23. The summed E-state index contributed by atoms with van der Waals surface area (Å²) in [5.41, 5.74) is 5.69. The predicted octanol–water partition coefficient (Wildman–Crippen LogP) is 0.691. The van der Waals surface area contributed by atoms with Crippen LogP contribution in [0.2, 0.25) is 0 Å². The van der Waals surface area contributed by atoms with Gasteiger partial charge in [-0.25, -0.2) is 8.42 Å². The van der Waals surface area contributed by atoms with E-state index in [2.05, 4.69) is 0 Å². The van der Waals surface area contributed by atoms with E-state index < -0.39 is 9.84 Å². The van der Waals surface area contributed by atoms with Gasteiger partial charge in [0.2, 0.25) is 0 Å². The molecule has 1 fully saturated rings. The zero-order chi connectivity index (χ0) is 9.19. The van der Waals surface area contributed by atoms with E-state index in [0.29, 0.717) is 0 Å². The van der Waals surface area contributed by atoms with Crippen molar-refractivity contribution in [3.8, 4) is 0 Å². The molecule has 0 bridgehead atoms. The van der Waals surface area contributed by atoms with Gasteiger partial charge in [0.1, 0.15) is 0 Å². The normalized spacial score (nSPS) is 31.8. The monoisotopic (exact) mass is 191 g/mol. The molecule has 0 heterocycles. The van der Waals surface area contributed by atoms with E-state index in [1.165, 1.54) is 0 Å². The summed E-state index contributed by atoms with van der Waals surface area (Å²) in [4.78, 5) is 0. The van der Waals surface area contributed by atoms with Crippen molar-refractivity contribution in [2.24, 2.45) is 5.73 Å². The molecule has 72 valence electrons. The van der Waals surface area contributed by atoms with E-state index in [1.807, 2.05) is 0 Å². The first-order valence-corrected chi connectivity index (χ1v) is 6.25. The van der Waals surface area contributed by atoms with Gasteiger partial charge in [-0.2, -0.15) is 0 Å². The third-order valence-corrected chi connectivity index (χ3v) is 4.92. The molecule has 2 N–H and O–H groups in total. The summed E-state index contributed by atoms with van der Waals surface area (Å²) in [6.07, 6.45) is 3.25. The van der Waals surface area contributed by atoms with Crippen LogP contribution in [0.15, 0.2) is 0 Å². The molecule has 0 aliphatic heterocycles. The third kappa shape index (κ3) is 2.20. The Labute approximate surface area is 74.3 Å². The molecule has 4 heteroatoms. The summed E-state index contributed by atoms with van der Waals surface area (Å²) in [5, 5.41) is -0.109. The fraction of sp³-hybridized carbons (Fsp3) is 1.00. The topological polar surface area (TPSA) is 60.2 Å². The van der Waals surface area contributed by atoms with Crippen molar-refractivity contribution >= 4 is 9.84 Å². The minimum absolute atomic E-state index is 0.109. The fourth-order valence-electron chi connectivity index (χ4n) is 1.68. The molecule has 0 amide bonds. The molecule has 0 unspecified atom stereocenters. The Kier molecular flexibility index (Phi) is 3.12. The van der Waals surface area contributed by atoms with Crippen LogP contribution >= 0.6 is 0 Å². The van der Waals surface area contributed by atoms with Crippen molar-refractivity contribution in [2.45, 2.75) is 43.9 Å². The summed E-state index contributed by atoms with van der Waals surface area (Å²) in [6, 6.07) is 0.230. The Morgan fingerprint density at radius 1 is 1.25 bits per heavy atom. The maximum Gasteiger partial charge on any atom is 0.152 e. The van der Waals surface area contributed by atoms with Crippen LogP contribution in [-0.4, -0.2) is 25.5 Å². The van der Waals surface area contributed by atoms with Gasteiger partial charge in [-0.1, -0.05) is 6.92 Å². The first-order valence-electron chi connectivity index (χ1n) is 4.53. The zero-order valence-corrected chi connectivity index (χ0v) is 8.31. The van der Waals surface area contributed by atoms with Gasteiger partial charge in [-0.3, -0.25) is 0 Å². The number of nitrogens with two attached hydrogens (primary N) is 1. The Morgan fingerprint density at radius 2 is 1.75 bits per heavy atom. The van der Waals surface area contributed by atoms with E-state index >= 15 is 0 Å². The molecular weight excluding hydrogens is 174 g/mol. The summed E-state index contributed by atoms with van der Waals surface area (Å²) in [7, 11) is -2.80. The largest absolute Gasteiger partial charge is 0.328 e. The first-order chi connectivity index (χ1) is 5.56. The van der Waals surface area contributed by atoms with Crippen LogP contribution in [0, 0.1) is 0 Å². The number of hydrogen-bond acceptors (Lipinski definition) is 3. The van der Waals surface area contributed by atoms with Crippen LogP contribution in [0.4, 0.5) is 0 Å². The Bertz CT molecular complexity index is 227. The Hall–Kier alpha value is -0.0900. The highest BCUT2D eigenvalue weighted by molar-refractivity contribution is 7.92. The van der Waals surface area contributed by atoms with Crippen LogP contribution in [0.1, 0.15) is 32.6 Å². The van der Waals surface area contributed by atoms with Crippen LogP contribution in [0.5, 0.6) is 0 Å². The molecule has 1 rings (SSSR count). The molecule has 0 aromatic rings. The molecule has 0 spiro atoms. The molecule has 0 atom stereocenters. The van der Waals surface area contributed by atoms with Gasteiger partial charge < -0.3 is 5.73 Å². The lowest BCUT2D eigenvalue weighted by atomic mass is 9.96. The van der Waals surface area contributed by atoms with E-state index in [9.17, 15) is 8.42 Å². The number of sulfone groups is 1. The maximum absolute atomic E-state index is 11.4. The van der Waals surface area contributed by atoms with Crippen LogP contribution in [0.25, 0.3) is 0 Å². The van der Waals surface area contributed by atoms with E-state index in [1.54, 1.807) is 6.92 Å². The van der Waals surface area contributed by atoms with Gasteiger partial charge in [0, 0.05) is 11.8 Å². The lowest BCUT2D eigenvalue weighted by Crippen LogP contribution is -2.33. The van der Waals surface area contributed by atoms with Crippen molar-refractivity contribution in [2.75, 3.05) is 5.75 Å². The highest BCUT2D eigenvalue weighted by atomic mass is 32.2. The second kappa shape index (κ2) is 3.75. The van der Waals surface area contributed by atoms with Crippen molar-refractivity contribution in [3.63, 3.8) is 0 Å². The van der Waals surface area contributed by atoms with Crippen molar-refractivity contribution in [3.05, 3.63) is 0 Å². The molecular formula is C8H17NO2S. The van der Waals surface area contributed by atoms with Crippen molar-refractivity contribution in [1.29, 1.82) is 0 Å². The van der Waals surface area contributed by atoms with Gasteiger partial charge in [-0.15, -0.1) is 0 Å². The van der Waals surface area contributed by atoms with E-state index in [0.717, 1.165) is 25.7 Å². The van der Waals surface area contributed by atoms with Gasteiger partial charge in [-0.05, 0) is 25.7 Å². The lowest BCUT2D eigenvalue weighted by Gasteiger charge is -2.25. The molecule has 0 aromatic heterocycles. The summed E-state index contributed by atoms with van der Waals surface area (Å²) in [5.74, 6) is 0.271. The molecule has 0 aromatic carbocycles. The van der Waals surface area contributed by atoms with Gasteiger partial charge >= 0.3 is 0 Å². The Balaban J connectivity index is 2.56. The van der Waals surface area contributed by atoms with Gasteiger partial charge in [0.15, 0.2) is 9.84 Å². The number of hydrogen-bond donors (Lipinski definition) is 1. The van der Waals surface area contributed by atoms with E-state index in [4.69, 9.17) is 5.73 Å². The minimum Gasteiger partial charge on any atom is -0.328 e. The number of rotatable bonds is 2. The quantitative estimate of drug-likeness (QED) is 0.698. The van der Waals surface area contributed by atoms with Crippen LogP contribution in [-0.2, 0) is 9.84 Å². The molecule has 0 saturated heterocycles. The molecule has 1 aliphatic carbocycles. The second-order valence-corrected chi connectivity index (χ2v) is 6.06. The standard InChI is InChI=1S/C8H17NO2S/c1-2-12(10,11)8-5-3-7(9)4-6-8/h7-8H,2-6,9H2,1H3.